The number of aliphatic hydroxyl groups is 1. The van der Waals surface area contributed by atoms with Crippen molar-refractivity contribution in [3.8, 4) is 5.75 Å². The first-order valence-corrected chi connectivity index (χ1v) is 8.89. The van der Waals surface area contributed by atoms with E-state index >= 15 is 0 Å². The van der Waals surface area contributed by atoms with E-state index in [-0.39, 0.29) is 18.2 Å². The van der Waals surface area contributed by atoms with Gasteiger partial charge in [0.05, 0.1) is 18.7 Å². The quantitative estimate of drug-likeness (QED) is 0.735. The number of rotatable bonds is 5. The Kier molecular flexibility index (Phi) is 5.58. The smallest absolute Gasteiger partial charge is 0.328 e. The fraction of sp³-hybridized carbons (Fsp3) is 0.474. The zero-order valence-corrected chi connectivity index (χ0v) is 15.2. The first-order chi connectivity index (χ1) is 12.5. The van der Waals surface area contributed by atoms with Crippen molar-refractivity contribution in [2.45, 2.75) is 45.9 Å². The van der Waals surface area contributed by atoms with Crippen LogP contribution in [0.15, 0.2) is 27.9 Å². The number of H-pyrrole nitrogens is 1. The van der Waals surface area contributed by atoms with E-state index in [9.17, 15) is 14.7 Å². The van der Waals surface area contributed by atoms with Crippen molar-refractivity contribution in [3.63, 3.8) is 0 Å². The van der Waals surface area contributed by atoms with Crippen LogP contribution in [0.5, 0.6) is 5.75 Å². The average molecular weight is 359 g/mol. The fourth-order valence-corrected chi connectivity index (χ4v) is 3.38. The third-order valence-corrected chi connectivity index (χ3v) is 4.66. The molecule has 2 aromatic rings. The molecule has 2 heterocycles. The molecular weight excluding hydrogens is 334 g/mol. The maximum Gasteiger partial charge on any atom is 0.328 e. The number of aromatic amines is 1. The molecule has 0 bridgehead atoms. The summed E-state index contributed by atoms with van der Waals surface area (Å²) in [5.74, 6) is 0.797. The predicted octanol–water partition coefficient (Wildman–Crippen LogP) is 0.825. The minimum absolute atomic E-state index is 0.150. The van der Waals surface area contributed by atoms with Crippen molar-refractivity contribution >= 4 is 0 Å². The van der Waals surface area contributed by atoms with Gasteiger partial charge in [0.2, 0.25) is 0 Å². The number of nitrogens with one attached hydrogen (secondary N) is 2. The molecule has 0 aliphatic carbocycles. The number of aliphatic hydroxyl groups excluding tert-OH is 1. The van der Waals surface area contributed by atoms with E-state index in [0.29, 0.717) is 0 Å². The van der Waals surface area contributed by atoms with Crippen LogP contribution in [-0.4, -0.2) is 33.9 Å². The average Bonchev–Trinajstić information content (AvgIpc) is 2.61. The minimum atomic E-state index is -0.555. The molecular formula is C19H25N3O4. The number of aryl methyl sites for hydroxylation is 2. The van der Waals surface area contributed by atoms with Crippen LogP contribution in [0, 0.1) is 13.8 Å². The first kappa shape index (κ1) is 18.4. The second kappa shape index (κ2) is 7.88. The summed E-state index contributed by atoms with van der Waals surface area (Å²) < 4.78 is 7.69. The summed E-state index contributed by atoms with van der Waals surface area (Å²) >= 11 is 0. The van der Waals surface area contributed by atoms with Crippen molar-refractivity contribution in [1.29, 1.82) is 0 Å². The SMILES string of the molecule is Cc1cc(C)c(OC2CCNCC2)c(Cn2cc(CO)c(=O)[nH]c2=O)c1. The lowest BCUT2D eigenvalue weighted by Gasteiger charge is -2.26. The second-order valence-corrected chi connectivity index (χ2v) is 6.84. The molecule has 0 saturated carbocycles. The topological polar surface area (TPSA) is 96.3 Å². The number of hydrogen-bond donors (Lipinski definition) is 3. The lowest BCUT2D eigenvalue weighted by Crippen LogP contribution is -2.35. The maximum absolute atomic E-state index is 12.2. The summed E-state index contributed by atoms with van der Waals surface area (Å²) in [4.78, 5) is 26.1. The normalized spacial score (nSPS) is 15.2. The van der Waals surface area contributed by atoms with Gasteiger partial charge in [-0.15, -0.1) is 0 Å². The van der Waals surface area contributed by atoms with Crippen molar-refractivity contribution in [2.75, 3.05) is 13.1 Å². The van der Waals surface area contributed by atoms with Gasteiger partial charge in [0.25, 0.3) is 5.56 Å². The highest BCUT2D eigenvalue weighted by Gasteiger charge is 2.18. The summed E-state index contributed by atoms with van der Waals surface area (Å²) in [6.45, 7) is 5.72. The maximum atomic E-state index is 12.2. The van der Waals surface area contributed by atoms with Crippen LogP contribution in [0.3, 0.4) is 0 Å². The van der Waals surface area contributed by atoms with Crippen LogP contribution in [-0.2, 0) is 13.2 Å². The van der Waals surface area contributed by atoms with Crippen LogP contribution in [0.25, 0.3) is 0 Å². The fourth-order valence-electron chi connectivity index (χ4n) is 3.38. The Morgan fingerprint density at radius 1 is 1.19 bits per heavy atom. The summed E-state index contributed by atoms with van der Waals surface area (Å²) in [6, 6.07) is 4.06. The Labute approximate surface area is 151 Å². The standard InChI is InChI=1S/C19H25N3O4/c1-12-7-13(2)17(26-16-3-5-20-6-4-16)14(8-12)9-22-10-15(11-23)18(24)21-19(22)25/h7-8,10,16,20,23H,3-6,9,11H2,1-2H3,(H,21,24,25). The molecule has 26 heavy (non-hydrogen) atoms. The second-order valence-electron chi connectivity index (χ2n) is 6.84. The molecule has 1 aliphatic rings. The third-order valence-electron chi connectivity index (χ3n) is 4.66. The zero-order valence-electron chi connectivity index (χ0n) is 15.2. The van der Waals surface area contributed by atoms with Crippen LogP contribution >= 0.6 is 0 Å². The summed E-state index contributed by atoms with van der Waals surface area (Å²) in [5.41, 5.74) is 2.10. The Balaban J connectivity index is 1.96. The van der Waals surface area contributed by atoms with Crippen molar-refractivity contribution < 1.29 is 9.84 Å². The Hall–Kier alpha value is -2.38. The van der Waals surface area contributed by atoms with Crippen LogP contribution in [0.1, 0.15) is 35.1 Å². The molecule has 0 atom stereocenters. The van der Waals surface area contributed by atoms with E-state index in [1.807, 2.05) is 19.9 Å². The summed E-state index contributed by atoms with van der Waals surface area (Å²) in [7, 11) is 0. The Morgan fingerprint density at radius 2 is 1.92 bits per heavy atom. The zero-order chi connectivity index (χ0) is 18.7. The van der Waals surface area contributed by atoms with Gasteiger partial charge >= 0.3 is 5.69 Å². The number of nitrogens with zero attached hydrogens (tertiary/aromatic N) is 1. The summed E-state index contributed by atoms with van der Waals surface area (Å²) in [6.07, 6.45) is 3.45. The van der Waals surface area contributed by atoms with E-state index in [2.05, 4.69) is 16.4 Å². The molecule has 0 radical (unpaired) electrons. The highest BCUT2D eigenvalue weighted by molar-refractivity contribution is 5.44. The molecule has 0 spiro atoms. The van der Waals surface area contributed by atoms with Crippen LogP contribution in [0.2, 0.25) is 0 Å². The van der Waals surface area contributed by atoms with Gasteiger partial charge in [0.15, 0.2) is 0 Å². The van der Waals surface area contributed by atoms with Crippen LogP contribution < -0.4 is 21.3 Å². The lowest BCUT2D eigenvalue weighted by atomic mass is 10.0. The van der Waals surface area contributed by atoms with E-state index < -0.39 is 17.9 Å². The van der Waals surface area contributed by atoms with Gasteiger partial charge < -0.3 is 15.2 Å². The first-order valence-electron chi connectivity index (χ1n) is 8.89. The number of hydrogen-bond acceptors (Lipinski definition) is 5. The number of aromatic nitrogens is 2. The van der Waals surface area contributed by atoms with E-state index in [4.69, 9.17) is 4.74 Å². The number of piperidine rings is 1. The highest BCUT2D eigenvalue weighted by Crippen LogP contribution is 2.28. The van der Waals surface area contributed by atoms with E-state index in [1.54, 1.807) is 0 Å². The van der Waals surface area contributed by atoms with Gasteiger partial charge in [0.1, 0.15) is 11.9 Å². The molecule has 140 valence electrons. The molecule has 3 N–H and O–H groups in total. The Bertz CT molecular complexity index is 895. The summed E-state index contributed by atoms with van der Waals surface area (Å²) in [5, 5.41) is 12.6. The van der Waals surface area contributed by atoms with Gasteiger partial charge in [0, 0.05) is 11.8 Å². The Morgan fingerprint density at radius 3 is 2.62 bits per heavy atom. The highest BCUT2D eigenvalue weighted by atomic mass is 16.5. The molecule has 1 aromatic heterocycles. The molecule has 3 rings (SSSR count). The molecule has 7 nitrogen and oxygen atoms in total. The van der Waals surface area contributed by atoms with E-state index in [1.165, 1.54) is 10.8 Å². The molecule has 1 aromatic carbocycles. The molecule has 1 fully saturated rings. The van der Waals surface area contributed by atoms with Gasteiger partial charge in [-0.1, -0.05) is 17.7 Å². The van der Waals surface area contributed by atoms with Gasteiger partial charge in [-0.2, -0.15) is 0 Å². The third kappa shape index (κ3) is 4.05. The predicted molar refractivity (Wildman–Crippen MR) is 98.8 cm³/mol. The monoisotopic (exact) mass is 359 g/mol. The molecule has 1 aliphatic heterocycles. The van der Waals surface area contributed by atoms with Gasteiger partial charge in [-0.3, -0.25) is 14.3 Å². The van der Waals surface area contributed by atoms with Gasteiger partial charge in [-0.05, 0) is 45.3 Å². The molecule has 1 saturated heterocycles. The van der Waals surface area contributed by atoms with Crippen molar-refractivity contribution in [2.24, 2.45) is 0 Å². The lowest BCUT2D eigenvalue weighted by molar-refractivity contribution is 0.159. The molecule has 7 heteroatoms. The van der Waals surface area contributed by atoms with Crippen LogP contribution in [0.4, 0.5) is 0 Å². The number of ether oxygens (including phenoxy) is 1. The van der Waals surface area contributed by atoms with Crippen molar-refractivity contribution in [3.05, 3.63) is 61.4 Å². The largest absolute Gasteiger partial charge is 0.490 e. The van der Waals surface area contributed by atoms with E-state index in [0.717, 1.165) is 48.4 Å². The molecule has 0 unspecified atom stereocenters. The van der Waals surface area contributed by atoms with Crippen molar-refractivity contribution in [1.82, 2.24) is 14.9 Å². The van der Waals surface area contributed by atoms with Gasteiger partial charge in [-0.25, -0.2) is 4.79 Å². The molecule has 0 amide bonds. The number of benzene rings is 1. The minimum Gasteiger partial charge on any atom is -0.490 e.